The summed E-state index contributed by atoms with van der Waals surface area (Å²) in [6, 6.07) is 3.58. The van der Waals surface area contributed by atoms with Crippen molar-refractivity contribution in [2.24, 2.45) is 0 Å². The highest BCUT2D eigenvalue weighted by Crippen LogP contribution is 2.14. The fraction of sp³-hybridized carbons (Fsp3) is 0.385. The fourth-order valence-corrected chi connectivity index (χ4v) is 1.32. The van der Waals surface area contributed by atoms with Gasteiger partial charge in [-0.25, -0.2) is 0 Å². The molecule has 4 nitrogen and oxygen atoms in total. The molecule has 0 aliphatic heterocycles. The van der Waals surface area contributed by atoms with E-state index in [2.05, 4.69) is 43.0 Å². The quantitative estimate of drug-likeness (QED) is 0.784. The Bertz CT molecular complexity index is 407. The van der Waals surface area contributed by atoms with Crippen LogP contribution in [0.4, 0.5) is 5.69 Å². The molecule has 0 aliphatic carbocycles. The second kappa shape index (κ2) is 5.48. The molecule has 1 rings (SSSR count). The average Bonchev–Trinajstić information content (AvgIpc) is 2.24. The van der Waals surface area contributed by atoms with Gasteiger partial charge in [-0.05, 0) is 32.9 Å². The van der Waals surface area contributed by atoms with Crippen LogP contribution < -0.4 is 10.6 Å². The first-order chi connectivity index (χ1) is 7.92. The predicted molar refractivity (Wildman–Crippen MR) is 70.1 cm³/mol. The average molecular weight is 233 g/mol. The SMILES string of the molecule is C=CCNC(=O)c1cc(NC(C)(C)C)ccn1. The van der Waals surface area contributed by atoms with Gasteiger partial charge in [-0.1, -0.05) is 6.08 Å². The maximum atomic E-state index is 11.7. The number of carbonyl (C=O) groups is 1. The van der Waals surface area contributed by atoms with E-state index < -0.39 is 0 Å². The monoisotopic (exact) mass is 233 g/mol. The van der Waals surface area contributed by atoms with Crippen molar-refractivity contribution < 1.29 is 4.79 Å². The molecule has 0 spiro atoms. The third kappa shape index (κ3) is 4.68. The van der Waals surface area contributed by atoms with Gasteiger partial charge in [0.2, 0.25) is 0 Å². The van der Waals surface area contributed by atoms with Crippen LogP contribution in [-0.4, -0.2) is 23.0 Å². The Balaban J connectivity index is 2.78. The van der Waals surface area contributed by atoms with E-state index >= 15 is 0 Å². The van der Waals surface area contributed by atoms with Crippen molar-refractivity contribution in [3.05, 3.63) is 36.7 Å². The summed E-state index contributed by atoms with van der Waals surface area (Å²) < 4.78 is 0. The van der Waals surface area contributed by atoms with Crippen LogP contribution in [-0.2, 0) is 0 Å². The number of nitrogens with one attached hydrogen (secondary N) is 2. The highest BCUT2D eigenvalue weighted by molar-refractivity contribution is 5.93. The lowest BCUT2D eigenvalue weighted by molar-refractivity contribution is 0.0953. The van der Waals surface area contributed by atoms with E-state index in [0.717, 1.165) is 5.69 Å². The van der Waals surface area contributed by atoms with Crippen molar-refractivity contribution in [3.8, 4) is 0 Å². The Morgan fingerprint density at radius 2 is 2.24 bits per heavy atom. The van der Waals surface area contributed by atoms with Crippen LogP contribution in [0, 0.1) is 0 Å². The second-order valence-electron chi connectivity index (χ2n) is 4.80. The first-order valence-electron chi connectivity index (χ1n) is 5.56. The molecule has 0 saturated carbocycles. The predicted octanol–water partition coefficient (Wildman–Crippen LogP) is 2.21. The largest absolute Gasteiger partial charge is 0.380 e. The molecular weight excluding hydrogens is 214 g/mol. The molecule has 1 aromatic heterocycles. The van der Waals surface area contributed by atoms with E-state index in [-0.39, 0.29) is 11.4 Å². The minimum Gasteiger partial charge on any atom is -0.380 e. The van der Waals surface area contributed by atoms with Gasteiger partial charge in [0.1, 0.15) is 5.69 Å². The van der Waals surface area contributed by atoms with E-state index in [1.54, 1.807) is 18.3 Å². The lowest BCUT2D eigenvalue weighted by atomic mass is 10.1. The van der Waals surface area contributed by atoms with E-state index in [9.17, 15) is 4.79 Å². The molecule has 92 valence electrons. The first-order valence-corrected chi connectivity index (χ1v) is 5.56. The van der Waals surface area contributed by atoms with E-state index in [4.69, 9.17) is 0 Å². The number of rotatable bonds is 4. The molecule has 0 saturated heterocycles. The van der Waals surface area contributed by atoms with Gasteiger partial charge in [0.05, 0.1) is 0 Å². The molecule has 0 atom stereocenters. The van der Waals surface area contributed by atoms with Crippen LogP contribution in [0.2, 0.25) is 0 Å². The smallest absolute Gasteiger partial charge is 0.270 e. The zero-order chi connectivity index (χ0) is 12.9. The van der Waals surface area contributed by atoms with Gasteiger partial charge < -0.3 is 10.6 Å². The Morgan fingerprint density at radius 1 is 1.53 bits per heavy atom. The molecule has 2 N–H and O–H groups in total. The topological polar surface area (TPSA) is 54.0 Å². The lowest BCUT2D eigenvalue weighted by Gasteiger charge is -2.22. The fourth-order valence-electron chi connectivity index (χ4n) is 1.32. The molecule has 4 heteroatoms. The van der Waals surface area contributed by atoms with Crippen LogP contribution >= 0.6 is 0 Å². The first kappa shape index (κ1) is 13.2. The molecular formula is C13H19N3O. The van der Waals surface area contributed by atoms with Gasteiger partial charge in [-0.3, -0.25) is 9.78 Å². The van der Waals surface area contributed by atoms with Crippen molar-refractivity contribution in [1.82, 2.24) is 10.3 Å². The maximum absolute atomic E-state index is 11.7. The molecule has 0 bridgehead atoms. The van der Waals surface area contributed by atoms with Crippen molar-refractivity contribution in [2.45, 2.75) is 26.3 Å². The van der Waals surface area contributed by atoms with Gasteiger partial charge in [-0.15, -0.1) is 6.58 Å². The number of anilines is 1. The molecule has 0 aromatic carbocycles. The van der Waals surface area contributed by atoms with Gasteiger partial charge in [-0.2, -0.15) is 0 Å². The van der Waals surface area contributed by atoms with Crippen LogP contribution in [0.25, 0.3) is 0 Å². The van der Waals surface area contributed by atoms with Gasteiger partial charge in [0.15, 0.2) is 0 Å². The molecule has 1 heterocycles. The summed E-state index contributed by atoms with van der Waals surface area (Å²) in [5.41, 5.74) is 1.24. The molecule has 0 aliphatic rings. The summed E-state index contributed by atoms with van der Waals surface area (Å²) in [6.07, 6.45) is 3.26. The third-order valence-corrected chi connectivity index (χ3v) is 1.92. The highest BCUT2D eigenvalue weighted by atomic mass is 16.1. The number of hydrogen-bond donors (Lipinski definition) is 2. The summed E-state index contributed by atoms with van der Waals surface area (Å²) in [6.45, 7) is 10.2. The van der Waals surface area contributed by atoms with E-state index in [0.29, 0.717) is 12.2 Å². The van der Waals surface area contributed by atoms with Gasteiger partial charge in [0, 0.05) is 24.0 Å². The minimum atomic E-state index is -0.192. The molecule has 1 aromatic rings. The minimum absolute atomic E-state index is 0.0454. The Labute approximate surface area is 102 Å². The molecule has 0 unspecified atom stereocenters. The summed E-state index contributed by atoms with van der Waals surface area (Å²) in [5.74, 6) is -0.192. The maximum Gasteiger partial charge on any atom is 0.270 e. The van der Waals surface area contributed by atoms with Crippen molar-refractivity contribution in [3.63, 3.8) is 0 Å². The third-order valence-electron chi connectivity index (χ3n) is 1.92. The number of amides is 1. The van der Waals surface area contributed by atoms with Crippen molar-refractivity contribution in [1.29, 1.82) is 0 Å². The molecule has 1 amide bonds. The number of carbonyl (C=O) groups excluding carboxylic acids is 1. The molecule has 0 radical (unpaired) electrons. The standard InChI is InChI=1S/C13H19N3O/c1-5-7-15-12(17)11-9-10(6-8-14-11)16-13(2,3)4/h5-6,8-9H,1,7H2,2-4H3,(H,14,16)(H,15,17). The Morgan fingerprint density at radius 3 is 2.82 bits per heavy atom. The van der Waals surface area contributed by atoms with Crippen molar-refractivity contribution >= 4 is 11.6 Å². The second-order valence-corrected chi connectivity index (χ2v) is 4.80. The van der Waals surface area contributed by atoms with Crippen LogP contribution in [0.1, 0.15) is 31.3 Å². The lowest BCUT2D eigenvalue weighted by Crippen LogP contribution is -2.27. The van der Waals surface area contributed by atoms with Crippen LogP contribution in [0.15, 0.2) is 31.0 Å². The van der Waals surface area contributed by atoms with Crippen LogP contribution in [0.5, 0.6) is 0 Å². The van der Waals surface area contributed by atoms with E-state index in [1.165, 1.54) is 0 Å². The summed E-state index contributed by atoms with van der Waals surface area (Å²) >= 11 is 0. The Hall–Kier alpha value is -1.84. The number of hydrogen-bond acceptors (Lipinski definition) is 3. The number of nitrogens with zero attached hydrogens (tertiary/aromatic N) is 1. The number of pyridine rings is 1. The highest BCUT2D eigenvalue weighted by Gasteiger charge is 2.11. The van der Waals surface area contributed by atoms with E-state index in [1.807, 2.05) is 6.07 Å². The summed E-state index contributed by atoms with van der Waals surface area (Å²) in [5, 5.41) is 5.98. The van der Waals surface area contributed by atoms with Crippen LogP contribution in [0.3, 0.4) is 0 Å². The zero-order valence-electron chi connectivity index (χ0n) is 10.6. The van der Waals surface area contributed by atoms with Gasteiger partial charge >= 0.3 is 0 Å². The molecule has 17 heavy (non-hydrogen) atoms. The summed E-state index contributed by atoms with van der Waals surface area (Å²) in [7, 11) is 0. The van der Waals surface area contributed by atoms with Gasteiger partial charge in [0.25, 0.3) is 5.91 Å². The number of aromatic nitrogens is 1. The Kier molecular flexibility index (Phi) is 4.26. The normalized spacial score (nSPS) is 10.8. The zero-order valence-corrected chi connectivity index (χ0v) is 10.6. The molecule has 0 fully saturated rings. The van der Waals surface area contributed by atoms with Crippen molar-refractivity contribution in [2.75, 3.05) is 11.9 Å². The summed E-state index contributed by atoms with van der Waals surface area (Å²) in [4.78, 5) is 15.7.